The monoisotopic (exact) mass is 286 g/mol. The lowest BCUT2D eigenvalue weighted by molar-refractivity contribution is 0.481. The molecule has 106 valence electrons. The van der Waals surface area contributed by atoms with Crippen molar-refractivity contribution in [2.45, 2.75) is 40.4 Å². The number of hydrogen-bond donors (Lipinski definition) is 0. The van der Waals surface area contributed by atoms with Crippen molar-refractivity contribution in [2.24, 2.45) is 0 Å². The molecule has 0 saturated carbocycles. The van der Waals surface area contributed by atoms with Gasteiger partial charge in [-0.1, -0.05) is 43.9 Å². The second-order valence-corrected chi connectivity index (χ2v) is 11.4. The molecule has 1 aromatic heterocycles. The van der Waals surface area contributed by atoms with Gasteiger partial charge in [0.15, 0.2) is 0 Å². The number of rotatable bonds is 2. The molecule has 0 amide bonds. The van der Waals surface area contributed by atoms with Gasteiger partial charge in [-0.25, -0.2) is 4.79 Å². The third kappa shape index (κ3) is 2.50. The molecule has 0 aliphatic rings. The van der Waals surface area contributed by atoms with E-state index in [-0.39, 0.29) is 5.63 Å². The number of hydrogen-bond acceptors (Lipinski definition) is 2. The van der Waals surface area contributed by atoms with Crippen LogP contribution in [0.4, 0.5) is 0 Å². The molecule has 0 bridgehead atoms. The summed E-state index contributed by atoms with van der Waals surface area (Å²) < 4.78 is 5.45. The van der Waals surface area contributed by atoms with Crippen LogP contribution in [0.15, 0.2) is 33.5 Å². The minimum Gasteiger partial charge on any atom is -0.428 e. The summed E-state index contributed by atoms with van der Waals surface area (Å²) in [6.45, 7) is 12.6. The van der Waals surface area contributed by atoms with Gasteiger partial charge < -0.3 is 4.42 Å². The maximum atomic E-state index is 12.4. The second kappa shape index (κ2) is 5.06. The first-order valence-corrected chi connectivity index (χ1v) is 10.4. The Labute approximate surface area is 121 Å². The molecule has 3 heteroatoms. The quantitative estimate of drug-likeness (QED) is 0.787. The van der Waals surface area contributed by atoms with Gasteiger partial charge in [-0.2, -0.15) is 0 Å². The summed E-state index contributed by atoms with van der Waals surface area (Å²) in [5, 5.41) is 0.898. The SMILES string of the molecule is Cc1ccccc1-c1c(C)c(C)oc(=O)c1[Si](C)(C)C. The van der Waals surface area contributed by atoms with Crippen molar-refractivity contribution < 1.29 is 4.42 Å². The summed E-state index contributed by atoms with van der Waals surface area (Å²) in [7, 11) is -1.79. The minimum absolute atomic E-state index is 0.162. The van der Waals surface area contributed by atoms with Gasteiger partial charge in [0.2, 0.25) is 0 Å². The van der Waals surface area contributed by atoms with E-state index in [1.165, 1.54) is 5.56 Å². The first-order valence-electron chi connectivity index (χ1n) is 6.94. The first kappa shape index (κ1) is 14.8. The maximum absolute atomic E-state index is 12.4. The molecular weight excluding hydrogens is 264 g/mol. The van der Waals surface area contributed by atoms with E-state index in [2.05, 4.69) is 38.7 Å². The first-order chi connectivity index (χ1) is 9.23. The topological polar surface area (TPSA) is 30.2 Å². The van der Waals surface area contributed by atoms with E-state index in [0.29, 0.717) is 0 Å². The Morgan fingerprint density at radius 2 is 1.60 bits per heavy atom. The van der Waals surface area contributed by atoms with E-state index in [0.717, 1.165) is 27.6 Å². The molecule has 20 heavy (non-hydrogen) atoms. The van der Waals surface area contributed by atoms with Crippen LogP contribution in [0.25, 0.3) is 11.1 Å². The molecule has 0 aliphatic carbocycles. The molecule has 2 rings (SSSR count). The minimum atomic E-state index is -1.79. The summed E-state index contributed by atoms with van der Waals surface area (Å²) in [5.41, 5.74) is 4.36. The van der Waals surface area contributed by atoms with Crippen LogP contribution in [-0.2, 0) is 0 Å². The molecule has 2 nitrogen and oxygen atoms in total. The van der Waals surface area contributed by atoms with E-state index in [4.69, 9.17) is 4.42 Å². The van der Waals surface area contributed by atoms with Crippen LogP contribution in [0.3, 0.4) is 0 Å². The largest absolute Gasteiger partial charge is 0.428 e. The molecule has 0 fully saturated rings. The number of benzene rings is 1. The zero-order chi connectivity index (χ0) is 15.1. The molecule has 2 aromatic rings. The van der Waals surface area contributed by atoms with Gasteiger partial charge in [0, 0.05) is 5.19 Å². The van der Waals surface area contributed by atoms with E-state index >= 15 is 0 Å². The lowest BCUT2D eigenvalue weighted by Gasteiger charge is -2.22. The molecule has 0 N–H and O–H groups in total. The lowest BCUT2D eigenvalue weighted by atomic mass is 9.97. The predicted molar refractivity (Wildman–Crippen MR) is 87.6 cm³/mol. The van der Waals surface area contributed by atoms with Crippen LogP contribution in [0, 0.1) is 20.8 Å². The Bertz CT molecular complexity index is 706. The third-order valence-corrected chi connectivity index (χ3v) is 5.72. The molecule has 0 spiro atoms. The molecule has 0 aliphatic heterocycles. The van der Waals surface area contributed by atoms with Crippen molar-refractivity contribution in [3.63, 3.8) is 0 Å². The lowest BCUT2D eigenvalue weighted by Crippen LogP contribution is -2.48. The van der Waals surface area contributed by atoms with Crippen molar-refractivity contribution in [1.29, 1.82) is 0 Å². The zero-order valence-corrected chi connectivity index (χ0v) is 14.1. The maximum Gasteiger partial charge on any atom is 0.335 e. The van der Waals surface area contributed by atoms with Crippen LogP contribution in [-0.4, -0.2) is 8.07 Å². The van der Waals surface area contributed by atoms with Crippen LogP contribution >= 0.6 is 0 Å². The Kier molecular flexibility index (Phi) is 3.74. The summed E-state index contributed by atoms with van der Waals surface area (Å²) in [4.78, 5) is 12.4. The van der Waals surface area contributed by atoms with Gasteiger partial charge in [-0.15, -0.1) is 0 Å². The Morgan fingerprint density at radius 1 is 1.00 bits per heavy atom. The normalized spacial score (nSPS) is 11.7. The average molecular weight is 286 g/mol. The van der Waals surface area contributed by atoms with Gasteiger partial charge in [-0.3, -0.25) is 0 Å². The molecule has 0 radical (unpaired) electrons. The Hall–Kier alpha value is -1.61. The molecule has 1 aromatic carbocycles. The zero-order valence-electron chi connectivity index (χ0n) is 13.1. The summed E-state index contributed by atoms with van der Waals surface area (Å²) >= 11 is 0. The van der Waals surface area contributed by atoms with Gasteiger partial charge in [0.1, 0.15) is 5.76 Å². The van der Waals surface area contributed by atoms with Crippen LogP contribution in [0.1, 0.15) is 16.9 Å². The van der Waals surface area contributed by atoms with Crippen molar-refractivity contribution >= 4 is 13.3 Å². The van der Waals surface area contributed by atoms with Gasteiger partial charge in [0.05, 0.1) is 8.07 Å². The smallest absolute Gasteiger partial charge is 0.335 e. The van der Waals surface area contributed by atoms with Gasteiger partial charge in [0.25, 0.3) is 0 Å². The highest BCUT2D eigenvalue weighted by Gasteiger charge is 2.28. The highest BCUT2D eigenvalue weighted by atomic mass is 28.3. The fourth-order valence-electron chi connectivity index (χ4n) is 2.60. The van der Waals surface area contributed by atoms with E-state index < -0.39 is 8.07 Å². The van der Waals surface area contributed by atoms with Gasteiger partial charge in [-0.05, 0) is 43.0 Å². The fraction of sp³-hybridized carbons (Fsp3) is 0.353. The van der Waals surface area contributed by atoms with E-state index in [1.807, 2.05) is 26.0 Å². The standard InChI is InChI=1S/C17H22O2Si/c1-11-9-7-8-10-14(11)15-12(2)13(3)19-17(18)16(15)20(4,5)6/h7-10H,1-6H3. The van der Waals surface area contributed by atoms with E-state index in [9.17, 15) is 4.79 Å². The third-order valence-electron chi connectivity index (χ3n) is 3.77. The van der Waals surface area contributed by atoms with Crippen LogP contribution in [0.2, 0.25) is 19.6 Å². The fourth-order valence-corrected chi connectivity index (χ4v) is 4.34. The van der Waals surface area contributed by atoms with E-state index in [1.54, 1.807) is 0 Å². The molecule has 0 atom stereocenters. The summed E-state index contributed by atoms with van der Waals surface area (Å²) in [6.07, 6.45) is 0. The Morgan fingerprint density at radius 3 is 2.15 bits per heavy atom. The van der Waals surface area contributed by atoms with Crippen LogP contribution < -0.4 is 10.8 Å². The van der Waals surface area contributed by atoms with Crippen molar-refractivity contribution in [2.75, 3.05) is 0 Å². The van der Waals surface area contributed by atoms with Crippen molar-refractivity contribution in [3.8, 4) is 11.1 Å². The number of aryl methyl sites for hydroxylation is 2. The summed E-state index contributed by atoms with van der Waals surface area (Å²) in [5.74, 6) is 0.718. The van der Waals surface area contributed by atoms with Crippen molar-refractivity contribution in [3.05, 3.63) is 51.6 Å². The Balaban J connectivity index is 2.95. The average Bonchev–Trinajstić information content (AvgIpc) is 2.33. The van der Waals surface area contributed by atoms with Gasteiger partial charge >= 0.3 is 5.63 Å². The molecular formula is C17H22O2Si. The second-order valence-electron chi connectivity index (χ2n) is 6.39. The van der Waals surface area contributed by atoms with Crippen LogP contribution in [0.5, 0.6) is 0 Å². The highest BCUT2D eigenvalue weighted by Crippen LogP contribution is 2.27. The predicted octanol–water partition coefficient (Wildman–Crippen LogP) is 3.78. The van der Waals surface area contributed by atoms with Crippen molar-refractivity contribution in [1.82, 2.24) is 0 Å². The molecule has 0 saturated heterocycles. The highest BCUT2D eigenvalue weighted by molar-refractivity contribution is 6.89. The summed E-state index contributed by atoms with van der Waals surface area (Å²) in [6, 6.07) is 8.24. The molecule has 1 heterocycles. The molecule has 0 unspecified atom stereocenters.